The van der Waals surface area contributed by atoms with Crippen LogP contribution in [0.5, 0.6) is 0 Å². The van der Waals surface area contributed by atoms with Gasteiger partial charge in [-0.05, 0) is 37.3 Å². The van der Waals surface area contributed by atoms with Crippen LogP contribution in [0.25, 0.3) is 0 Å². The zero-order valence-corrected chi connectivity index (χ0v) is 13.1. The van der Waals surface area contributed by atoms with Crippen LogP contribution in [-0.4, -0.2) is 18.1 Å². The maximum atomic E-state index is 13.4. The van der Waals surface area contributed by atoms with Crippen molar-refractivity contribution in [2.45, 2.75) is 12.5 Å². The van der Waals surface area contributed by atoms with Gasteiger partial charge in [-0.3, -0.25) is 4.98 Å². The molecule has 0 aliphatic carbocycles. The van der Waals surface area contributed by atoms with Gasteiger partial charge in [-0.2, -0.15) is 0 Å². The molecule has 0 saturated heterocycles. The minimum Gasteiger partial charge on any atom is -0.467 e. The zero-order valence-electron chi connectivity index (χ0n) is 11.6. The second-order valence-corrected chi connectivity index (χ2v) is 5.56. The van der Waals surface area contributed by atoms with Crippen molar-refractivity contribution in [3.8, 4) is 0 Å². The number of pyridine rings is 1. The van der Waals surface area contributed by atoms with E-state index in [1.807, 2.05) is 12.1 Å². The molecule has 1 aromatic carbocycles. The Kier molecular flexibility index (Phi) is 4.57. The van der Waals surface area contributed by atoms with Crippen LogP contribution in [0.2, 0.25) is 0 Å². The highest BCUT2D eigenvalue weighted by molar-refractivity contribution is 9.10. The normalized spacial score (nSPS) is 13.3. The van der Waals surface area contributed by atoms with E-state index in [1.165, 1.54) is 19.4 Å². The lowest BCUT2D eigenvalue weighted by molar-refractivity contribution is -0.145. The lowest BCUT2D eigenvalue weighted by Crippen LogP contribution is -2.41. The number of nitrogens with one attached hydrogen (secondary N) is 1. The van der Waals surface area contributed by atoms with Gasteiger partial charge in [0.2, 0.25) is 0 Å². The molecule has 2 aromatic rings. The minimum atomic E-state index is -1.24. The molecular formula is C15H14BrFN2O2. The first kappa shape index (κ1) is 15.4. The van der Waals surface area contributed by atoms with E-state index in [1.54, 1.807) is 19.1 Å². The highest BCUT2D eigenvalue weighted by Crippen LogP contribution is 2.28. The minimum absolute atomic E-state index is 0.386. The first-order valence-corrected chi connectivity index (χ1v) is 6.98. The third kappa shape index (κ3) is 3.39. The second kappa shape index (κ2) is 6.22. The molecule has 110 valence electrons. The summed E-state index contributed by atoms with van der Waals surface area (Å²) in [4.78, 5) is 16.0. The summed E-state index contributed by atoms with van der Waals surface area (Å²) in [5.41, 5.74) is -0.148. The number of ether oxygens (including phenoxy) is 1. The quantitative estimate of drug-likeness (QED) is 0.855. The molecule has 0 amide bonds. The van der Waals surface area contributed by atoms with Gasteiger partial charge in [0.1, 0.15) is 5.82 Å². The SMILES string of the molecule is COC(=O)C(C)(Nc1ccc(Br)cc1)c1cncc(F)c1. The predicted molar refractivity (Wildman–Crippen MR) is 81.3 cm³/mol. The Morgan fingerprint density at radius 3 is 2.57 bits per heavy atom. The Labute approximate surface area is 130 Å². The molecule has 6 heteroatoms. The number of benzene rings is 1. The number of aromatic nitrogens is 1. The molecule has 2 rings (SSSR count). The Morgan fingerprint density at radius 2 is 2.00 bits per heavy atom. The topological polar surface area (TPSA) is 51.2 Å². The van der Waals surface area contributed by atoms with Crippen molar-refractivity contribution in [2.75, 3.05) is 12.4 Å². The number of carbonyl (C=O) groups is 1. The molecule has 0 spiro atoms. The van der Waals surface area contributed by atoms with Crippen molar-refractivity contribution >= 4 is 27.6 Å². The average Bonchev–Trinajstić information content (AvgIpc) is 2.48. The molecule has 1 aromatic heterocycles. The van der Waals surface area contributed by atoms with Gasteiger partial charge >= 0.3 is 5.97 Å². The van der Waals surface area contributed by atoms with E-state index in [0.29, 0.717) is 11.3 Å². The fourth-order valence-corrected chi connectivity index (χ4v) is 2.22. The third-order valence-corrected chi connectivity index (χ3v) is 3.64. The van der Waals surface area contributed by atoms with Crippen LogP contribution < -0.4 is 5.32 Å². The van der Waals surface area contributed by atoms with Crippen molar-refractivity contribution in [3.63, 3.8) is 0 Å². The Hall–Kier alpha value is -1.95. The zero-order chi connectivity index (χ0) is 15.5. The first-order valence-electron chi connectivity index (χ1n) is 6.19. The van der Waals surface area contributed by atoms with E-state index in [-0.39, 0.29) is 0 Å². The van der Waals surface area contributed by atoms with Gasteiger partial charge in [-0.15, -0.1) is 0 Å². The lowest BCUT2D eigenvalue weighted by Gasteiger charge is -2.29. The number of hydrogen-bond donors (Lipinski definition) is 1. The molecule has 1 unspecified atom stereocenters. The third-order valence-electron chi connectivity index (χ3n) is 3.11. The molecule has 4 nitrogen and oxygen atoms in total. The van der Waals surface area contributed by atoms with Gasteiger partial charge in [-0.25, -0.2) is 9.18 Å². The largest absolute Gasteiger partial charge is 0.467 e. The van der Waals surface area contributed by atoms with E-state index < -0.39 is 17.3 Å². The number of methoxy groups -OCH3 is 1. The summed E-state index contributed by atoms with van der Waals surface area (Å²) in [7, 11) is 1.29. The van der Waals surface area contributed by atoms with Crippen molar-refractivity contribution < 1.29 is 13.9 Å². The molecule has 0 saturated carbocycles. The van der Waals surface area contributed by atoms with Crippen LogP contribution in [0.4, 0.5) is 10.1 Å². The van der Waals surface area contributed by atoms with Crippen LogP contribution >= 0.6 is 15.9 Å². The van der Waals surface area contributed by atoms with Gasteiger partial charge in [0.05, 0.1) is 13.3 Å². The molecule has 1 N–H and O–H groups in total. The van der Waals surface area contributed by atoms with E-state index in [0.717, 1.165) is 10.7 Å². The average molecular weight is 353 g/mol. The molecule has 0 radical (unpaired) electrons. The fourth-order valence-electron chi connectivity index (χ4n) is 1.95. The maximum absolute atomic E-state index is 13.4. The number of halogens is 2. The van der Waals surface area contributed by atoms with Crippen molar-refractivity contribution in [1.29, 1.82) is 0 Å². The predicted octanol–water partition coefficient (Wildman–Crippen LogP) is 3.48. The van der Waals surface area contributed by atoms with Crippen molar-refractivity contribution in [1.82, 2.24) is 4.98 Å². The van der Waals surface area contributed by atoms with Crippen molar-refractivity contribution in [2.24, 2.45) is 0 Å². The second-order valence-electron chi connectivity index (χ2n) is 4.64. The number of nitrogens with zero attached hydrogens (tertiary/aromatic N) is 1. The molecule has 0 fully saturated rings. The standard InChI is InChI=1S/C15H14BrFN2O2/c1-15(14(20)21-2,10-7-12(17)9-18-8-10)19-13-5-3-11(16)4-6-13/h3-9,19H,1-2H3. The molecule has 1 heterocycles. The molecular weight excluding hydrogens is 339 g/mol. The Bertz CT molecular complexity index is 648. The maximum Gasteiger partial charge on any atom is 0.335 e. The number of hydrogen-bond acceptors (Lipinski definition) is 4. The summed E-state index contributed by atoms with van der Waals surface area (Å²) in [5.74, 6) is -1.04. The van der Waals surface area contributed by atoms with E-state index in [2.05, 4.69) is 26.2 Å². The van der Waals surface area contributed by atoms with Crippen LogP contribution in [0.15, 0.2) is 47.2 Å². The van der Waals surface area contributed by atoms with Gasteiger partial charge in [0.15, 0.2) is 5.54 Å². The van der Waals surface area contributed by atoms with Crippen molar-refractivity contribution in [3.05, 3.63) is 58.6 Å². The Morgan fingerprint density at radius 1 is 1.33 bits per heavy atom. The van der Waals surface area contributed by atoms with Gasteiger partial charge in [-0.1, -0.05) is 15.9 Å². The van der Waals surface area contributed by atoms with Gasteiger partial charge < -0.3 is 10.1 Å². The summed E-state index contributed by atoms with van der Waals surface area (Å²) in [5, 5.41) is 3.07. The van der Waals surface area contributed by atoms with E-state index in [9.17, 15) is 9.18 Å². The molecule has 0 bridgehead atoms. The number of rotatable bonds is 4. The summed E-state index contributed by atoms with van der Waals surface area (Å²) in [6, 6.07) is 8.54. The number of esters is 1. The van der Waals surface area contributed by atoms with E-state index in [4.69, 9.17) is 4.74 Å². The van der Waals surface area contributed by atoms with E-state index >= 15 is 0 Å². The number of carbonyl (C=O) groups excluding carboxylic acids is 1. The molecule has 21 heavy (non-hydrogen) atoms. The Balaban J connectivity index is 2.42. The summed E-state index contributed by atoms with van der Waals surface area (Å²) in [6.45, 7) is 1.62. The van der Waals surface area contributed by atoms with Gasteiger partial charge in [0, 0.05) is 21.9 Å². The number of anilines is 1. The summed E-state index contributed by atoms with van der Waals surface area (Å²) >= 11 is 3.34. The van der Waals surface area contributed by atoms with Crippen LogP contribution in [-0.2, 0) is 15.1 Å². The molecule has 0 aliphatic heterocycles. The lowest BCUT2D eigenvalue weighted by atomic mass is 9.93. The van der Waals surface area contributed by atoms with Gasteiger partial charge in [0.25, 0.3) is 0 Å². The monoisotopic (exact) mass is 352 g/mol. The van der Waals surface area contributed by atoms with Crippen LogP contribution in [0.3, 0.4) is 0 Å². The fraction of sp³-hybridized carbons (Fsp3) is 0.200. The smallest absolute Gasteiger partial charge is 0.335 e. The van der Waals surface area contributed by atoms with Crippen LogP contribution in [0, 0.1) is 5.82 Å². The molecule has 0 aliphatic rings. The molecule has 1 atom stereocenters. The summed E-state index contributed by atoms with van der Waals surface area (Å²) < 4.78 is 19.2. The first-order chi connectivity index (χ1) is 9.95. The summed E-state index contributed by atoms with van der Waals surface area (Å²) in [6.07, 6.45) is 2.52. The highest BCUT2D eigenvalue weighted by Gasteiger charge is 2.37. The highest BCUT2D eigenvalue weighted by atomic mass is 79.9. The van der Waals surface area contributed by atoms with Crippen LogP contribution in [0.1, 0.15) is 12.5 Å².